The summed E-state index contributed by atoms with van der Waals surface area (Å²) in [4.78, 5) is 9.30. The van der Waals surface area contributed by atoms with Gasteiger partial charge >= 0.3 is 0 Å². The highest BCUT2D eigenvalue weighted by Gasteiger charge is 2.14. The fourth-order valence-corrected chi connectivity index (χ4v) is 2.95. The minimum Gasteiger partial charge on any atom is -0.298 e. The molecule has 0 atom stereocenters. The maximum absolute atomic E-state index is 4.78. The zero-order valence-corrected chi connectivity index (χ0v) is 10.6. The highest BCUT2D eigenvalue weighted by Crippen LogP contribution is 2.28. The molecule has 4 heterocycles. The lowest BCUT2D eigenvalue weighted by Crippen LogP contribution is -1.91. The van der Waals surface area contributed by atoms with Gasteiger partial charge in [0, 0.05) is 24.0 Å². The number of para-hydroxylation sites is 1. The van der Waals surface area contributed by atoms with Crippen LogP contribution in [0.4, 0.5) is 0 Å². The summed E-state index contributed by atoms with van der Waals surface area (Å²) in [5.74, 6) is 0. The normalized spacial score (nSPS) is 12.0. The number of imidazole rings is 2. The standard InChI is InChI=1S/C16H10N4/c1-2-6-12-11(5-1)14-15(16-17-8-10-19(12)16)20-9-4-3-7-13(20)18-14/h1-10H. The topological polar surface area (TPSA) is 34.6 Å². The molecule has 0 saturated heterocycles. The molecule has 0 amide bonds. The number of rotatable bonds is 0. The molecule has 4 nitrogen and oxygen atoms in total. The van der Waals surface area contributed by atoms with Gasteiger partial charge < -0.3 is 0 Å². The Kier molecular flexibility index (Phi) is 1.68. The molecule has 0 N–H and O–H groups in total. The maximum Gasteiger partial charge on any atom is 0.163 e. The molecule has 0 spiro atoms. The largest absolute Gasteiger partial charge is 0.298 e. The quantitative estimate of drug-likeness (QED) is 0.427. The van der Waals surface area contributed by atoms with Crippen LogP contribution in [0, 0.1) is 0 Å². The number of nitrogens with zero attached hydrogens (tertiary/aromatic N) is 4. The fraction of sp³-hybridized carbons (Fsp3) is 0. The van der Waals surface area contributed by atoms with E-state index in [2.05, 4.69) is 32.0 Å². The molecule has 94 valence electrons. The van der Waals surface area contributed by atoms with E-state index in [4.69, 9.17) is 4.98 Å². The van der Waals surface area contributed by atoms with Crippen LogP contribution in [0.25, 0.3) is 33.2 Å². The summed E-state index contributed by atoms with van der Waals surface area (Å²) in [6.07, 6.45) is 5.87. The van der Waals surface area contributed by atoms with Crippen molar-refractivity contribution in [2.75, 3.05) is 0 Å². The second kappa shape index (κ2) is 3.36. The monoisotopic (exact) mass is 258 g/mol. The molecule has 4 heteroatoms. The summed E-state index contributed by atoms with van der Waals surface area (Å²) in [7, 11) is 0. The smallest absolute Gasteiger partial charge is 0.163 e. The lowest BCUT2D eigenvalue weighted by Gasteiger charge is -2.04. The predicted octanol–water partition coefficient (Wildman–Crippen LogP) is 3.29. The third-order valence-electron chi connectivity index (χ3n) is 3.80. The third-order valence-corrected chi connectivity index (χ3v) is 3.80. The van der Waals surface area contributed by atoms with Crippen LogP contribution in [0.15, 0.2) is 61.1 Å². The second-order valence-corrected chi connectivity index (χ2v) is 4.88. The maximum atomic E-state index is 4.78. The van der Waals surface area contributed by atoms with Crippen LogP contribution in [0.5, 0.6) is 0 Å². The van der Waals surface area contributed by atoms with E-state index in [0.29, 0.717) is 0 Å². The van der Waals surface area contributed by atoms with Crippen LogP contribution >= 0.6 is 0 Å². The molecule has 5 rings (SSSR count). The number of benzene rings is 1. The van der Waals surface area contributed by atoms with E-state index in [1.54, 1.807) is 0 Å². The van der Waals surface area contributed by atoms with Gasteiger partial charge in [-0.15, -0.1) is 0 Å². The zero-order chi connectivity index (χ0) is 13.1. The molecule has 0 aliphatic heterocycles. The first-order chi connectivity index (χ1) is 9.93. The zero-order valence-electron chi connectivity index (χ0n) is 10.6. The number of fused-ring (bicyclic) bond motifs is 8. The van der Waals surface area contributed by atoms with Crippen molar-refractivity contribution < 1.29 is 0 Å². The number of pyridine rings is 2. The van der Waals surface area contributed by atoms with Crippen molar-refractivity contribution in [3.8, 4) is 0 Å². The molecular weight excluding hydrogens is 248 g/mol. The predicted molar refractivity (Wildman–Crippen MR) is 79.0 cm³/mol. The molecule has 0 unspecified atom stereocenters. The Morgan fingerprint density at radius 1 is 0.850 bits per heavy atom. The lowest BCUT2D eigenvalue weighted by molar-refractivity contribution is 1.20. The van der Waals surface area contributed by atoms with Crippen molar-refractivity contribution in [2.45, 2.75) is 0 Å². The molecule has 0 aliphatic rings. The van der Waals surface area contributed by atoms with Gasteiger partial charge in [-0.05, 0) is 18.2 Å². The SMILES string of the molecule is c1ccc2c(c1)c1nc3ccccn3c1c1nccn21. The third kappa shape index (κ3) is 1.07. The highest BCUT2D eigenvalue weighted by atomic mass is 15.1. The van der Waals surface area contributed by atoms with Crippen LogP contribution in [-0.2, 0) is 0 Å². The van der Waals surface area contributed by atoms with Crippen molar-refractivity contribution in [1.29, 1.82) is 0 Å². The average molecular weight is 258 g/mol. The van der Waals surface area contributed by atoms with Gasteiger partial charge in [0.15, 0.2) is 5.65 Å². The fourth-order valence-electron chi connectivity index (χ4n) is 2.95. The highest BCUT2D eigenvalue weighted by molar-refractivity contribution is 6.09. The molecule has 0 aliphatic carbocycles. The average Bonchev–Trinajstić information content (AvgIpc) is 3.11. The Labute approximate surface area is 113 Å². The molecule has 20 heavy (non-hydrogen) atoms. The Balaban J connectivity index is 2.26. The summed E-state index contributed by atoms with van der Waals surface area (Å²) in [6.45, 7) is 0. The Hall–Kier alpha value is -2.88. The van der Waals surface area contributed by atoms with Crippen molar-refractivity contribution in [3.05, 3.63) is 61.1 Å². The first-order valence-corrected chi connectivity index (χ1v) is 6.54. The summed E-state index contributed by atoms with van der Waals surface area (Å²) in [5, 5.41) is 1.15. The Morgan fingerprint density at radius 2 is 1.75 bits per heavy atom. The van der Waals surface area contributed by atoms with Crippen molar-refractivity contribution in [2.24, 2.45) is 0 Å². The van der Waals surface area contributed by atoms with E-state index in [9.17, 15) is 0 Å². The van der Waals surface area contributed by atoms with Crippen molar-refractivity contribution in [1.82, 2.24) is 18.8 Å². The van der Waals surface area contributed by atoms with E-state index in [-0.39, 0.29) is 0 Å². The summed E-state index contributed by atoms with van der Waals surface area (Å²) in [5.41, 5.74) is 5.09. The van der Waals surface area contributed by atoms with E-state index in [1.807, 2.05) is 42.9 Å². The second-order valence-electron chi connectivity index (χ2n) is 4.88. The van der Waals surface area contributed by atoms with E-state index >= 15 is 0 Å². The minimum atomic E-state index is 0.942. The van der Waals surface area contributed by atoms with E-state index in [0.717, 1.165) is 33.2 Å². The van der Waals surface area contributed by atoms with Gasteiger partial charge in [0.1, 0.15) is 16.7 Å². The van der Waals surface area contributed by atoms with E-state index in [1.165, 1.54) is 0 Å². The van der Waals surface area contributed by atoms with Gasteiger partial charge in [0.25, 0.3) is 0 Å². The van der Waals surface area contributed by atoms with Crippen LogP contribution in [0.1, 0.15) is 0 Å². The van der Waals surface area contributed by atoms with E-state index < -0.39 is 0 Å². The molecule has 1 aromatic carbocycles. The van der Waals surface area contributed by atoms with Crippen LogP contribution in [-0.4, -0.2) is 18.8 Å². The van der Waals surface area contributed by atoms with Gasteiger partial charge in [-0.3, -0.25) is 8.80 Å². The van der Waals surface area contributed by atoms with Gasteiger partial charge in [-0.25, -0.2) is 9.97 Å². The molecular formula is C16H10N4. The van der Waals surface area contributed by atoms with Crippen LogP contribution in [0.3, 0.4) is 0 Å². The van der Waals surface area contributed by atoms with Gasteiger partial charge in [0.2, 0.25) is 0 Å². The number of hydrogen-bond acceptors (Lipinski definition) is 2. The van der Waals surface area contributed by atoms with Crippen LogP contribution < -0.4 is 0 Å². The molecule has 0 radical (unpaired) electrons. The summed E-state index contributed by atoms with van der Waals surface area (Å²) < 4.78 is 4.23. The van der Waals surface area contributed by atoms with Gasteiger partial charge in [0.05, 0.1) is 5.52 Å². The first-order valence-electron chi connectivity index (χ1n) is 6.54. The lowest BCUT2D eigenvalue weighted by atomic mass is 10.2. The minimum absolute atomic E-state index is 0.942. The molecule has 5 aromatic rings. The summed E-state index contributed by atoms with van der Waals surface area (Å²) >= 11 is 0. The van der Waals surface area contributed by atoms with Crippen molar-refractivity contribution >= 4 is 33.2 Å². The van der Waals surface area contributed by atoms with Gasteiger partial charge in [-0.1, -0.05) is 24.3 Å². The van der Waals surface area contributed by atoms with Gasteiger partial charge in [-0.2, -0.15) is 0 Å². The number of aromatic nitrogens is 4. The van der Waals surface area contributed by atoms with Crippen LogP contribution in [0.2, 0.25) is 0 Å². The number of hydrogen-bond donors (Lipinski definition) is 0. The molecule has 4 aromatic heterocycles. The molecule has 0 saturated carbocycles. The molecule has 0 bridgehead atoms. The summed E-state index contributed by atoms with van der Waals surface area (Å²) in [6, 6.07) is 14.4. The Morgan fingerprint density at radius 3 is 2.75 bits per heavy atom. The Bertz CT molecular complexity index is 1100. The van der Waals surface area contributed by atoms with Crippen molar-refractivity contribution in [3.63, 3.8) is 0 Å². The molecule has 0 fully saturated rings. The first kappa shape index (κ1) is 9.97.